The molecule has 0 spiro atoms. The van der Waals surface area contributed by atoms with Gasteiger partial charge in [-0.1, -0.05) is 0 Å². The molecule has 0 saturated carbocycles. The molecule has 8 heteroatoms. The molecule has 0 bridgehead atoms. The van der Waals surface area contributed by atoms with Gasteiger partial charge in [0.05, 0.1) is 11.9 Å². The zero-order chi connectivity index (χ0) is 17.2. The Balaban J connectivity index is 2.67. The summed E-state index contributed by atoms with van der Waals surface area (Å²) in [5.41, 5.74) is 0.410. The van der Waals surface area contributed by atoms with E-state index in [1.165, 1.54) is 31.3 Å². The van der Waals surface area contributed by atoms with E-state index >= 15 is 0 Å². The van der Waals surface area contributed by atoms with Crippen LogP contribution in [0.15, 0.2) is 36.4 Å². The highest BCUT2D eigenvalue weighted by Crippen LogP contribution is 2.32. The van der Waals surface area contributed by atoms with Crippen molar-refractivity contribution in [2.24, 2.45) is 0 Å². The van der Waals surface area contributed by atoms with E-state index in [1.54, 1.807) is 0 Å². The summed E-state index contributed by atoms with van der Waals surface area (Å²) in [6, 6.07) is 7.01. The minimum Gasteiger partial charge on any atom is -0.355 e. The second kappa shape index (κ2) is 6.33. The number of carbonyl (C=O) groups is 1. The van der Waals surface area contributed by atoms with Crippen molar-refractivity contribution >= 4 is 21.6 Å². The summed E-state index contributed by atoms with van der Waals surface area (Å²) in [7, 11) is -2.18. The molecule has 2 aromatic carbocycles. The fourth-order valence-electron chi connectivity index (χ4n) is 2.05. The maximum absolute atomic E-state index is 14.0. The average molecular weight is 340 g/mol. The third-order valence-electron chi connectivity index (χ3n) is 3.03. The summed E-state index contributed by atoms with van der Waals surface area (Å²) in [5, 5.41) is 2.42. The van der Waals surface area contributed by atoms with Crippen LogP contribution in [0.3, 0.4) is 0 Å². The first-order chi connectivity index (χ1) is 10.7. The predicted molar refractivity (Wildman–Crippen MR) is 83.7 cm³/mol. The molecule has 0 aliphatic heterocycles. The fourth-order valence-corrected chi connectivity index (χ4v) is 2.63. The van der Waals surface area contributed by atoms with E-state index in [1.807, 2.05) is 0 Å². The number of hydrogen-bond acceptors (Lipinski definition) is 3. The first-order valence-corrected chi connectivity index (χ1v) is 8.40. The van der Waals surface area contributed by atoms with E-state index in [9.17, 15) is 22.0 Å². The molecule has 2 aromatic rings. The molecule has 0 fully saturated rings. The van der Waals surface area contributed by atoms with E-state index in [0.717, 1.165) is 12.3 Å². The summed E-state index contributed by atoms with van der Waals surface area (Å²) in [5.74, 6) is -2.04. The Morgan fingerprint density at radius 3 is 2.30 bits per heavy atom. The van der Waals surface area contributed by atoms with Crippen molar-refractivity contribution in [3.63, 3.8) is 0 Å². The van der Waals surface area contributed by atoms with Gasteiger partial charge >= 0.3 is 0 Å². The van der Waals surface area contributed by atoms with E-state index in [0.29, 0.717) is 6.07 Å². The highest BCUT2D eigenvalue weighted by Gasteiger charge is 2.16. The summed E-state index contributed by atoms with van der Waals surface area (Å²) >= 11 is 0. The van der Waals surface area contributed by atoms with E-state index in [4.69, 9.17) is 0 Å². The number of nitrogens with one attached hydrogen (secondary N) is 2. The summed E-state index contributed by atoms with van der Waals surface area (Å²) in [6.07, 6.45) is 0.949. The molecule has 5 nitrogen and oxygen atoms in total. The number of halogens is 2. The second-order valence-corrected chi connectivity index (χ2v) is 6.59. The van der Waals surface area contributed by atoms with E-state index < -0.39 is 27.6 Å². The van der Waals surface area contributed by atoms with Gasteiger partial charge in [0.25, 0.3) is 5.91 Å². The van der Waals surface area contributed by atoms with Gasteiger partial charge in [-0.3, -0.25) is 9.52 Å². The van der Waals surface area contributed by atoms with Gasteiger partial charge in [0.15, 0.2) is 0 Å². The molecule has 1 amide bonds. The fraction of sp³-hybridized carbons (Fsp3) is 0.133. The molecule has 23 heavy (non-hydrogen) atoms. The Kier molecular flexibility index (Phi) is 4.65. The van der Waals surface area contributed by atoms with Gasteiger partial charge in [0.1, 0.15) is 11.6 Å². The normalized spacial score (nSPS) is 11.1. The van der Waals surface area contributed by atoms with Crippen LogP contribution in [0.2, 0.25) is 0 Å². The first kappa shape index (κ1) is 16.9. The van der Waals surface area contributed by atoms with Gasteiger partial charge < -0.3 is 5.32 Å². The van der Waals surface area contributed by atoms with Crippen molar-refractivity contribution in [1.82, 2.24) is 5.32 Å². The third kappa shape index (κ3) is 4.04. The number of carbonyl (C=O) groups excluding carboxylic acids is 1. The van der Waals surface area contributed by atoms with Crippen LogP contribution in [0, 0.1) is 11.6 Å². The average Bonchev–Trinajstić information content (AvgIpc) is 2.46. The molecule has 2 rings (SSSR count). The predicted octanol–water partition coefficient (Wildman–Crippen LogP) is 2.36. The number of hydrogen-bond donors (Lipinski definition) is 2. The topological polar surface area (TPSA) is 75.3 Å². The standard InChI is InChI=1S/C15H14F2N2O3S/c1-18-15(20)9-3-6-14(19-23(2,21)22)12(7-9)11-5-4-10(16)8-13(11)17/h3-8,19H,1-2H3,(H,18,20). The lowest BCUT2D eigenvalue weighted by molar-refractivity contribution is 0.0963. The molecule has 122 valence electrons. The van der Waals surface area contributed by atoms with Crippen molar-refractivity contribution in [2.75, 3.05) is 18.0 Å². The molecule has 2 N–H and O–H groups in total. The molecule has 0 radical (unpaired) electrons. The molecule has 0 aliphatic carbocycles. The van der Waals surface area contributed by atoms with Crippen LogP contribution in [0.1, 0.15) is 10.4 Å². The number of anilines is 1. The molecule has 0 saturated heterocycles. The Hall–Kier alpha value is -2.48. The molecular weight excluding hydrogens is 326 g/mol. The Morgan fingerprint density at radius 2 is 1.74 bits per heavy atom. The monoisotopic (exact) mass is 340 g/mol. The van der Waals surface area contributed by atoms with Crippen LogP contribution in [0.25, 0.3) is 11.1 Å². The summed E-state index contributed by atoms with van der Waals surface area (Å²) in [6.45, 7) is 0. The van der Waals surface area contributed by atoms with Crippen molar-refractivity contribution in [3.8, 4) is 11.1 Å². The Bertz CT molecular complexity index is 867. The van der Waals surface area contributed by atoms with Gasteiger partial charge in [0, 0.05) is 29.8 Å². The van der Waals surface area contributed by atoms with Crippen LogP contribution in [0.4, 0.5) is 14.5 Å². The van der Waals surface area contributed by atoms with Crippen LogP contribution >= 0.6 is 0 Å². The van der Waals surface area contributed by atoms with Crippen LogP contribution < -0.4 is 10.0 Å². The highest BCUT2D eigenvalue weighted by atomic mass is 32.2. The van der Waals surface area contributed by atoms with Crippen LogP contribution in [-0.4, -0.2) is 27.6 Å². The lowest BCUT2D eigenvalue weighted by Crippen LogP contribution is -2.18. The number of benzene rings is 2. The third-order valence-corrected chi connectivity index (χ3v) is 3.62. The van der Waals surface area contributed by atoms with Crippen molar-refractivity contribution in [2.45, 2.75) is 0 Å². The smallest absolute Gasteiger partial charge is 0.251 e. The molecule has 0 aromatic heterocycles. The van der Waals surface area contributed by atoms with E-state index in [-0.39, 0.29) is 22.4 Å². The molecule has 0 atom stereocenters. The molecule has 0 unspecified atom stereocenters. The largest absolute Gasteiger partial charge is 0.355 e. The first-order valence-electron chi connectivity index (χ1n) is 6.50. The van der Waals surface area contributed by atoms with Crippen molar-refractivity contribution < 1.29 is 22.0 Å². The Morgan fingerprint density at radius 1 is 1.04 bits per heavy atom. The number of sulfonamides is 1. The van der Waals surface area contributed by atoms with Crippen molar-refractivity contribution in [1.29, 1.82) is 0 Å². The maximum atomic E-state index is 14.0. The van der Waals surface area contributed by atoms with Crippen LogP contribution in [-0.2, 0) is 10.0 Å². The number of rotatable bonds is 4. The van der Waals surface area contributed by atoms with E-state index in [2.05, 4.69) is 10.0 Å². The van der Waals surface area contributed by atoms with Gasteiger partial charge in [-0.25, -0.2) is 17.2 Å². The SMILES string of the molecule is CNC(=O)c1ccc(NS(C)(=O)=O)c(-c2ccc(F)cc2F)c1. The zero-order valence-corrected chi connectivity index (χ0v) is 13.2. The maximum Gasteiger partial charge on any atom is 0.251 e. The van der Waals surface area contributed by atoms with Gasteiger partial charge in [-0.2, -0.15) is 0 Å². The Labute approximate surface area is 132 Å². The second-order valence-electron chi connectivity index (χ2n) is 4.84. The minimum atomic E-state index is -3.61. The zero-order valence-electron chi connectivity index (χ0n) is 12.4. The van der Waals surface area contributed by atoms with Gasteiger partial charge in [-0.05, 0) is 30.3 Å². The molecule has 0 heterocycles. The van der Waals surface area contributed by atoms with Gasteiger partial charge in [0.2, 0.25) is 10.0 Å². The number of amides is 1. The van der Waals surface area contributed by atoms with Crippen molar-refractivity contribution in [3.05, 3.63) is 53.6 Å². The minimum absolute atomic E-state index is 0.0247. The summed E-state index contributed by atoms with van der Waals surface area (Å²) < 4.78 is 52.3. The lowest BCUT2D eigenvalue weighted by Gasteiger charge is -2.13. The van der Waals surface area contributed by atoms with Crippen LogP contribution in [0.5, 0.6) is 0 Å². The molecule has 0 aliphatic rings. The lowest BCUT2D eigenvalue weighted by atomic mass is 10.00. The highest BCUT2D eigenvalue weighted by molar-refractivity contribution is 7.92. The summed E-state index contributed by atoms with van der Waals surface area (Å²) in [4.78, 5) is 11.7. The quantitative estimate of drug-likeness (QED) is 0.897. The molecular formula is C15H14F2N2O3S. The van der Waals surface area contributed by atoms with Gasteiger partial charge in [-0.15, -0.1) is 0 Å².